The maximum absolute atomic E-state index is 13.0. The Kier molecular flexibility index (Phi) is 8.39. The molecule has 8 N–H and O–H groups in total. The highest BCUT2D eigenvalue weighted by Crippen LogP contribution is 2.33. The average molecular weight is 586 g/mol. The van der Waals surface area contributed by atoms with Gasteiger partial charge in [0, 0.05) is 10.9 Å². The van der Waals surface area contributed by atoms with Crippen LogP contribution in [-0.4, -0.2) is 81.7 Å². The number of carboxylic acids is 1. The molecular formula is C20H23N7O10S2. The zero-order valence-corrected chi connectivity index (χ0v) is 21.9. The number of hydrogen-bond donors (Lipinski definition) is 6. The standard InChI is InChI=1S/C20H23N7O10S2/c1-20(2)14(17(29)27(20)37-39(32,33)34)25-16(28)13(11-8-38-19(23)24-11)26-35-7-12(18(30)31)36-10-5-3-9(4-6-10)15(21)22/h3-6,8,12,14H,7H2,1-2H3,(H3,21,22)(H2,23,24)(H,25,28)(H,30,31)(H,32,33,34)/b26-13-/t12?,14-/m1/s1. The van der Waals surface area contributed by atoms with Crippen molar-refractivity contribution in [3.63, 3.8) is 0 Å². The molecule has 1 aliphatic rings. The van der Waals surface area contributed by atoms with Crippen molar-refractivity contribution >= 4 is 56.2 Å². The molecule has 1 aromatic carbocycles. The number of anilines is 1. The van der Waals surface area contributed by atoms with Crippen LogP contribution in [-0.2, 0) is 33.9 Å². The van der Waals surface area contributed by atoms with E-state index in [1.807, 2.05) is 0 Å². The number of carboxylic acid groups (broad SMARTS) is 1. The first-order valence-corrected chi connectivity index (χ1v) is 12.9. The summed E-state index contributed by atoms with van der Waals surface area (Å²) in [5, 5.41) is 24.7. The molecule has 0 radical (unpaired) electrons. The molecule has 19 heteroatoms. The molecule has 1 saturated heterocycles. The number of nitrogen functional groups attached to an aromatic ring is 2. The number of thiazole rings is 1. The molecule has 1 aromatic heterocycles. The maximum atomic E-state index is 13.0. The number of rotatable bonds is 12. The molecule has 2 amide bonds. The first kappa shape index (κ1) is 29.2. The van der Waals surface area contributed by atoms with Gasteiger partial charge in [0.1, 0.15) is 23.3 Å². The third-order valence-electron chi connectivity index (χ3n) is 5.20. The normalized spacial score (nSPS) is 17.6. The van der Waals surface area contributed by atoms with E-state index >= 15 is 0 Å². The Morgan fingerprint density at radius 1 is 1.33 bits per heavy atom. The first-order valence-electron chi connectivity index (χ1n) is 10.7. The van der Waals surface area contributed by atoms with Gasteiger partial charge in [-0.3, -0.25) is 19.6 Å². The van der Waals surface area contributed by atoms with Gasteiger partial charge in [0.15, 0.2) is 17.5 Å². The van der Waals surface area contributed by atoms with Crippen molar-refractivity contribution in [2.45, 2.75) is 31.5 Å². The highest BCUT2D eigenvalue weighted by Gasteiger charge is 2.58. The number of hydroxylamine groups is 2. The van der Waals surface area contributed by atoms with Gasteiger partial charge in [0.05, 0.1) is 5.54 Å². The molecule has 0 saturated carbocycles. The number of carbonyl (C=O) groups excluding carboxylic acids is 2. The second-order valence-corrected chi connectivity index (χ2v) is 10.3. The Bertz CT molecular complexity index is 1420. The number of amides is 2. The average Bonchev–Trinajstić information content (AvgIpc) is 3.27. The van der Waals surface area contributed by atoms with Crippen molar-refractivity contribution in [2.24, 2.45) is 10.9 Å². The number of aromatic nitrogens is 1. The fourth-order valence-electron chi connectivity index (χ4n) is 3.22. The van der Waals surface area contributed by atoms with Crippen LogP contribution in [0.2, 0.25) is 0 Å². The zero-order chi connectivity index (χ0) is 29.1. The second-order valence-electron chi connectivity index (χ2n) is 8.38. The molecule has 0 bridgehead atoms. The number of nitrogens with zero attached hydrogens (tertiary/aromatic N) is 3. The van der Waals surface area contributed by atoms with Crippen LogP contribution < -0.4 is 21.5 Å². The third kappa shape index (κ3) is 6.96. The number of aliphatic carboxylic acids is 1. The van der Waals surface area contributed by atoms with Gasteiger partial charge in [-0.05, 0) is 38.1 Å². The largest absolute Gasteiger partial charge is 0.478 e. The third-order valence-corrected chi connectivity index (χ3v) is 6.21. The van der Waals surface area contributed by atoms with Crippen LogP contribution in [0, 0.1) is 5.41 Å². The summed E-state index contributed by atoms with van der Waals surface area (Å²) in [7, 11) is -5.00. The van der Waals surface area contributed by atoms with Crippen LogP contribution in [0.4, 0.5) is 5.13 Å². The molecule has 210 valence electrons. The molecule has 2 aromatic rings. The van der Waals surface area contributed by atoms with Gasteiger partial charge in [-0.1, -0.05) is 5.16 Å². The molecule has 17 nitrogen and oxygen atoms in total. The van der Waals surface area contributed by atoms with Crippen LogP contribution in [0.1, 0.15) is 25.1 Å². The van der Waals surface area contributed by atoms with Crippen molar-refractivity contribution in [1.82, 2.24) is 15.4 Å². The summed E-state index contributed by atoms with van der Waals surface area (Å²) in [5.74, 6) is -3.45. The van der Waals surface area contributed by atoms with Crippen molar-refractivity contribution < 1.29 is 46.3 Å². The predicted molar refractivity (Wildman–Crippen MR) is 134 cm³/mol. The van der Waals surface area contributed by atoms with E-state index < -0.39 is 58.2 Å². The number of benzene rings is 1. The van der Waals surface area contributed by atoms with Gasteiger partial charge >= 0.3 is 16.4 Å². The highest BCUT2D eigenvalue weighted by atomic mass is 32.3. The van der Waals surface area contributed by atoms with E-state index in [2.05, 4.69) is 19.7 Å². The van der Waals surface area contributed by atoms with Gasteiger partial charge in [-0.25, -0.2) is 9.78 Å². The molecular weight excluding hydrogens is 562 g/mol. The van der Waals surface area contributed by atoms with Crippen molar-refractivity contribution in [3.8, 4) is 5.75 Å². The number of β-lactam (4-membered cyclic amide) rings is 1. The zero-order valence-electron chi connectivity index (χ0n) is 20.2. The number of oxime groups is 1. The summed E-state index contributed by atoms with van der Waals surface area (Å²) in [6.07, 6.45) is -1.57. The number of amidine groups is 1. The van der Waals surface area contributed by atoms with Gasteiger partial charge < -0.3 is 31.5 Å². The monoisotopic (exact) mass is 585 g/mol. The van der Waals surface area contributed by atoms with Crippen LogP contribution in [0.15, 0.2) is 34.8 Å². The predicted octanol–water partition coefficient (Wildman–Crippen LogP) is -0.898. The van der Waals surface area contributed by atoms with Gasteiger partial charge in [-0.15, -0.1) is 15.6 Å². The van der Waals surface area contributed by atoms with Gasteiger partial charge in [0.25, 0.3) is 11.8 Å². The quantitative estimate of drug-likeness (QED) is 0.0580. The van der Waals surface area contributed by atoms with Crippen LogP contribution in [0.5, 0.6) is 5.75 Å². The molecule has 2 heterocycles. The number of ether oxygens (including phenoxy) is 1. The molecule has 1 aliphatic heterocycles. The molecule has 39 heavy (non-hydrogen) atoms. The Balaban J connectivity index is 1.75. The van der Waals surface area contributed by atoms with E-state index in [9.17, 15) is 27.9 Å². The summed E-state index contributed by atoms with van der Waals surface area (Å²) in [4.78, 5) is 46.1. The van der Waals surface area contributed by atoms with Gasteiger partial charge in [0.2, 0.25) is 6.10 Å². The van der Waals surface area contributed by atoms with E-state index in [0.717, 1.165) is 11.3 Å². The van der Waals surface area contributed by atoms with Gasteiger partial charge in [-0.2, -0.15) is 13.5 Å². The fraction of sp³-hybridized carbons (Fsp3) is 0.300. The topological polar surface area (TPSA) is 270 Å². The molecule has 3 rings (SSSR count). The summed E-state index contributed by atoms with van der Waals surface area (Å²) >= 11 is 0.963. The van der Waals surface area contributed by atoms with Crippen LogP contribution in [0.25, 0.3) is 0 Å². The summed E-state index contributed by atoms with van der Waals surface area (Å²) in [5.41, 5.74) is 9.47. The maximum Gasteiger partial charge on any atom is 0.418 e. The molecule has 1 unspecified atom stereocenters. The summed E-state index contributed by atoms with van der Waals surface area (Å²) in [6.45, 7) is 2.05. The number of carbonyl (C=O) groups is 3. The highest BCUT2D eigenvalue weighted by molar-refractivity contribution is 7.80. The van der Waals surface area contributed by atoms with Crippen molar-refractivity contribution in [1.29, 1.82) is 5.41 Å². The number of nitrogens with two attached hydrogens (primary N) is 2. The minimum Gasteiger partial charge on any atom is -0.478 e. The summed E-state index contributed by atoms with van der Waals surface area (Å²) in [6, 6.07) is 4.41. The lowest BCUT2D eigenvalue weighted by Crippen LogP contribution is -2.76. The first-order chi connectivity index (χ1) is 18.1. The van der Waals surface area contributed by atoms with Crippen LogP contribution in [0.3, 0.4) is 0 Å². The van der Waals surface area contributed by atoms with E-state index in [-0.39, 0.29) is 22.4 Å². The van der Waals surface area contributed by atoms with E-state index in [4.69, 9.17) is 31.0 Å². The lowest BCUT2D eigenvalue weighted by molar-refractivity contribution is -0.218. The minimum absolute atomic E-state index is 0.0572. The SMILES string of the molecule is CC1(C)[C@H](NC(=O)/C(=N\OCC(Oc2ccc(C(=N)N)cc2)C(=O)O)c2csc(N)n2)C(=O)N1OS(=O)(=O)O. The van der Waals surface area contributed by atoms with E-state index in [0.29, 0.717) is 10.6 Å². The Labute approximate surface area is 224 Å². The Morgan fingerprint density at radius 2 is 1.97 bits per heavy atom. The molecule has 0 aliphatic carbocycles. The lowest BCUT2D eigenvalue weighted by Gasteiger charge is -2.50. The second kappa shape index (κ2) is 11.2. The van der Waals surface area contributed by atoms with E-state index in [1.54, 1.807) is 0 Å². The lowest BCUT2D eigenvalue weighted by atomic mass is 9.84. The molecule has 2 atom stereocenters. The van der Waals surface area contributed by atoms with Crippen molar-refractivity contribution in [2.75, 3.05) is 12.3 Å². The Hall–Kier alpha value is -4.33. The molecule has 1 fully saturated rings. The van der Waals surface area contributed by atoms with E-state index in [1.165, 1.54) is 43.5 Å². The van der Waals surface area contributed by atoms with Crippen LogP contribution >= 0.6 is 11.3 Å². The summed E-state index contributed by atoms with van der Waals surface area (Å²) < 4.78 is 40.5. The minimum atomic E-state index is -5.00. The molecule has 0 spiro atoms. The van der Waals surface area contributed by atoms with Crippen molar-refractivity contribution in [3.05, 3.63) is 40.9 Å². The number of hydrogen-bond acceptors (Lipinski definition) is 13. The Morgan fingerprint density at radius 3 is 2.46 bits per heavy atom. The number of nitrogens with one attached hydrogen (secondary N) is 2. The smallest absolute Gasteiger partial charge is 0.418 e. The fourth-order valence-corrected chi connectivity index (χ4v) is 4.22.